The molecule has 1 aliphatic heterocycles. The number of nitrogens with one attached hydrogen (secondary N) is 1. The number of benzene rings is 1. The van der Waals surface area contributed by atoms with Crippen LogP contribution in [0, 0.1) is 12.7 Å². The number of hydrogen-bond acceptors (Lipinski definition) is 3. The summed E-state index contributed by atoms with van der Waals surface area (Å²) in [6, 6.07) is 5.17. The number of fused-ring (bicyclic) bond motifs is 1. The molecule has 1 aromatic heterocycles. The molecule has 0 unspecified atom stereocenters. The fourth-order valence-electron chi connectivity index (χ4n) is 2.04. The third-order valence-electron chi connectivity index (χ3n) is 2.95. The minimum atomic E-state index is -0.186. The number of halogens is 1. The Morgan fingerprint density at radius 1 is 1.41 bits per heavy atom. The Morgan fingerprint density at radius 2 is 2.29 bits per heavy atom. The van der Waals surface area contributed by atoms with E-state index in [1.807, 2.05) is 13.0 Å². The van der Waals surface area contributed by atoms with Crippen LogP contribution in [0.1, 0.15) is 16.1 Å². The van der Waals surface area contributed by atoms with Gasteiger partial charge in [-0.3, -0.25) is 0 Å². The fraction of sp³-hybridized carbons (Fsp3) is 0.308. The number of hydrogen-bond donors (Lipinski definition) is 1. The summed E-state index contributed by atoms with van der Waals surface area (Å²) in [6.45, 7) is 3.80. The SMILES string of the molecule is Cc1ccc(F)c(-c2nc3c(s2)CNCC3)c1. The fourth-order valence-corrected chi connectivity index (χ4v) is 3.14. The van der Waals surface area contributed by atoms with E-state index in [1.165, 1.54) is 10.9 Å². The molecule has 0 spiro atoms. The highest BCUT2D eigenvalue weighted by Gasteiger charge is 2.17. The van der Waals surface area contributed by atoms with E-state index < -0.39 is 0 Å². The Kier molecular flexibility index (Phi) is 2.68. The topological polar surface area (TPSA) is 24.9 Å². The molecule has 2 heterocycles. The lowest BCUT2D eigenvalue weighted by molar-refractivity contribution is 0.630. The monoisotopic (exact) mass is 248 g/mol. The van der Waals surface area contributed by atoms with Gasteiger partial charge in [-0.15, -0.1) is 11.3 Å². The summed E-state index contributed by atoms with van der Waals surface area (Å²) in [5.41, 5.74) is 2.82. The van der Waals surface area contributed by atoms with Crippen molar-refractivity contribution in [3.05, 3.63) is 40.2 Å². The van der Waals surface area contributed by atoms with Crippen molar-refractivity contribution in [1.82, 2.24) is 10.3 Å². The first-order chi connectivity index (χ1) is 8.24. The lowest BCUT2D eigenvalue weighted by Crippen LogP contribution is -2.22. The van der Waals surface area contributed by atoms with E-state index in [0.29, 0.717) is 5.56 Å². The molecule has 0 saturated carbocycles. The molecule has 0 atom stereocenters. The quantitative estimate of drug-likeness (QED) is 0.839. The minimum Gasteiger partial charge on any atom is -0.311 e. The maximum Gasteiger partial charge on any atom is 0.133 e. The van der Waals surface area contributed by atoms with E-state index in [1.54, 1.807) is 17.4 Å². The number of rotatable bonds is 1. The van der Waals surface area contributed by atoms with E-state index in [2.05, 4.69) is 10.3 Å². The Morgan fingerprint density at radius 3 is 3.12 bits per heavy atom. The molecular weight excluding hydrogens is 235 g/mol. The van der Waals surface area contributed by atoms with Gasteiger partial charge in [0, 0.05) is 30.0 Å². The summed E-state index contributed by atoms with van der Waals surface area (Å²) >= 11 is 1.60. The molecule has 3 rings (SSSR count). The van der Waals surface area contributed by atoms with Crippen LogP contribution in [0.5, 0.6) is 0 Å². The van der Waals surface area contributed by atoms with Crippen molar-refractivity contribution in [3.63, 3.8) is 0 Å². The Balaban J connectivity index is 2.08. The van der Waals surface area contributed by atoms with Crippen molar-refractivity contribution in [2.75, 3.05) is 6.54 Å². The number of thiazole rings is 1. The van der Waals surface area contributed by atoms with Crippen molar-refractivity contribution >= 4 is 11.3 Å². The van der Waals surface area contributed by atoms with Gasteiger partial charge in [-0.25, -0.2) is 9.37 Å². The molecule has 4 heteroatoms. The van der Waals surface area contributed by atoms with Crippen LogP contribution in [0.3, 0.4) is 0 Å². The summed E-state index contributed by atoms with van der Waals surface area (Å²) in [6.07, 6.45) is 0.944. The first-order valence-corrected chi connectivity index (χ1v) is 6.51. The van der Waals surface area contributed by atoms with Crippen molar-refractivity contribution in [1.29, 1.82) is 0 Å². The molecule has 17 heavy (non-hydrogen) atoms. The highest BCUT2D eigenvalue weighted by Crippen LogP contribution is 2.31. The standard InChI is InChI=1S/C13H13FN2S/c1-8-2-3-10(14)9(6-8)13-16-11-4-5-15-7-12(11)17-13/h2-3,6,15H,4-5,7H2,1H3. The average Bonchev–Trinajstić information content (AvgIpc) is 2.75. The lowest BCUT2D eigenvalue weighted by Gasteiger charge is -2.09. The largest absolute Gasteiger partial charge is 0.311 e. The van der Waals surface area contributed by atoms with Crippen molar-refractivity contribution in [2.45, 2.75) is 19.9 Å². The highest BCUT2D eigenvalue weighted by atomic mass is 32.1. The van der Waals surface area contributed by atoms with Crippen LogP contribution in [0.4, 0.5) is 4.39 Å². The van der Waals surface area contributed by atoms with Crippen LogP contribution in [-0.2, 0) is 13.0 Å². The van der Waals surface area contributed by atoms with Gasteiger partial charge in [-0.05, 0) is 19.1 Å². The first-order valence-electron chi connectivity index (χ1n) is 5.70. The van der Waals surface area contributed by atoms with Gasteiger partial charge in [-0.2, -0.15) is 0 Å². The van der Waals surface area contributed by atoms with Gasteiger partial charge in [-0.1, -0.05) is 11.6 Å². The van der Waals surface area contributed by atoms with Crippen LogP contribution in [-0.4, -0.2) is 11.5 Å². The molecule has 2 aromatic rings. The normalized spacial score (nSPS) is 14.7. The van der Waals surface area contributed by atoms with Crippen LogP contribution in [0.2, 0.25) is 0 Å². The third kappa shape index (κ3) is 1.98. The zero-order valence-corrected chi connectivity index (χ0v) is 10.4. The highest BCUT2D eigenvalue weighted by molar-refractivity contribution is 7.15. The average molecular weight is 248 g/mol. The molecule has 0 bridgehead atoms. The van der Waals surface area contributed by atoms with Gasteiger partial charge in [0.2, 0.25) is 0 Å². The zero-order valence-electron chi connectivity index (χ0n) is 9.59. The summed E-state index contributed by atoms with van der Waals surface area (Å²) in [7, 11) is 0. The maximum absolute atomic E-state index is 13.8. The lowest BCUT2D eigenvalue weighted by atomic mass is 10.1. The number of aromatic nitrogens is 1. The van der Waals surface area contributed by atoms with Gasteiger partial charge in [0.15, 0.2) is 0 Å². The predicted molar refractivity (Wildman–Crippen MR) is 67.7 cm³/mol. The molecule has 88 valence electrons. The van der Waals surface area contributed by atoms with Gasteiger partial charge < -0.3 is 5.32 Å². The van der Waals surface area contributed by atoms with E-state index >= 15 is 0 Å². The Labute approximate surface area is 104 Å². The first kappa shape index (κ1) is 10.9. The van der Waals surface area contributed by atoms with Gasteiger partial charge in [0.25, 0.3) is 0 Å². The molecule has 1 N–H and O–H groups in total. The van der Waals surface area contributed by atoms with Gasteiger partial charge >= 0.3 is 0 Å². The molecule has 1 aromatic carbocycles. The van der Waals surface area contributed by atoms with Gasteiger partial charge in [0.05, 0.1) is 5.69 Å². The molecule has 0 aliphatic carbocycles. The van der Waals surface area contributed by atoms with Crippen LogP contribution >= 0.6 is 11.3 Å². The van der Waals surface area contributed by atoms with E-state index in [4.69, 9.17) is 0 Å². The number of nitrogens with zero attached hydrogens (tertiary/aromatic N) is 1. The Bertz CT molecular complexity index is 539. The van der Waals surface area contributed by atoms with E-state index in [9.17, 15) is 4.39 Å². The van der Waals surface area contributed by atoms with Crippen LogP contribution < -0.4 is 5.32 Å². The molecule has 0 fully saturated rings. The second-order valence-corrected chi connectivity index (χ2v) is 5.38. The zero-order chi connectivity index (χ0) is 11.8. The molecule has 1 aliphatic rings. The van der Waals surface area contributed by atoms with Crippen LogP contribution in [0.15, 0.2) is 18.2 Å². The Hall–Kier alpha value is -1.26. The summed E-state index contributed by atoms with van der Waals surface area (Å²) in [5.74, 6) is -0.186. The van der Waals surface area contributed by atoms with Crippen LogP contribution in [0.25, 0.3) is 10.6 Å². The molecule has 0 radical (unpaired) electrons. The van der Waals surface area contributed by atoms with Crippen molar-refractivity contribution < 1.29 is 4.39 Å². The van der Waals surface area contributed by atoms with Gasteiger partial charge in [0.1, 0.15) is 10.8 Å². The third-order valence-corrected chi connectivity index (χ3v) is 4.09. The van der Waals surface area contributed by atoms with E-state index in [0.717, 1.165) is 35.8 Å². The van der Waals surface area contributed by atoms with Crippen molar-refractivity contribution in [2.24, 2.45) is 0 Å². The second kappa shape index (κ2) is 4.20. The minimum absolute atomic E-state index is 0.186. The van der Waals surface area contributed by atoms with Crippen molar-refractivity contribution in [3.8, 4) is 10.6 Å². The second-order valence-electron chi connectivity index (χ2n) is 4.30. The summed E-state index contributed by atoms with van der Waals surface area (Å²) in [5, 5.41) is 4.11. The molecular formula is C13H13FN2S. The molecule has 0 saturated heterocycles. The molecule has 2 nitrogen and oxygen atoms in total. The summed E-state index contributed by atoms with van der Waals surface area (Å²) < 4.78 is 13.8. The molecule has 0 amide bonds. The predicted octanol–water partition coefficient (Wildman–Crippen LogP) is 2.90. The number of aryl methyl sites for hydroxylation is 1. The smallest absolute Gasteiger partial charge is 0.133 e. The summed E-state index contributed by atoms with van der Waals surface area (Å²) in [4.78, 5) is 5.80. The van der Waals surface area contributed by atoms with E-state index in [-0.39, 0.29) is 5.82 Å². The maximum atomic E-state index is 13.8.